The van der Waals surface area contributed by atoms with Gasteiger partial charge < -0.3 is 10.6 Å². The van der Waals surface area contributed by atoms with Crippen molar-refractivity contribution in [2.24, 2.45) is 0 Å². The minimum atomic E-state index is -1.02. The first-order valence-electron chi connectivity index (χ1n) is 7.07. The number of piperazine rings is 2. The van der Waals surface area contributed by atoms with E-state index in [2.05, 4.69) is 21.3 Å². The SMILES string of the molecule is CC1(C)CNC(=O)[C@](C)([C@]2(C)NC(C)(C)CNC2=O)N1. The van der Waals surface area contributed by atoms with Crippen molar-refractivity contribution in [3.8, 4) is 0 Å². The van der Waals surface area contributed by atoms with Gasteiger partial charge in [-0.2, -0.15) is 0 Å². The number of rotatable bonds is 1. The van der Waals surface area contributed by atoms with Crippen LogP contribution in [0.15, 0.2) is 0 Å². The highest BCUT2D eigenvalue weighted by Crippen LogP contribution is 2.32. The van der Waals surface area contributed by atoms with Crippen LogP contribution in [0.5, 0.6) is 0 Å². The largest absolute Gasteiger partial charge is 0.353 e. The molecule has 2 atom stereocenters. The molecule has 0 aromatic heterocycles. The van der Waals surface area contributed by atoms with Gasteiger partial charge in [-0.15, -0.1) is 0 Å². The van der Waals surface area contributed by atoms with E-state index in [1.807, 2.05) is 27.7 Å². The average molecular weight is 282 g/mol. The molecule has 2 rings (SSSR count). The molecule has 20 heavy (non-hydrogen) atoms. The highest BCUT2D eigenvalue weighted by molar-refractivity contribution is 6.00. The van der Waals surface area contributed by atoms with Crippen LogP contribution in [0.25, 0.3) is 0 Å². The lowest BCUT2D eigenvalue weighted by molar-refractivity contribution is -0.147. The van der Waals surface area contributed by atoms with Crippen LogP contribution >= 0.6 is 0 Å². The second-order valence-electron chi connectivity index (χ2n) is 7.63. The quantitative estimate of drug-likeness (QED) is 0.522. The van der Waals surface area contributed by atoms with Gasteiger partial charge in [0.15, 0.2) is 0 Å². The van der Waals surface area contributed by atoms with E-state index >= 15 is 0 Å². The Kier molecular flexibility index (Phi) is 3.19. The Morgan fingerprint density at radius 1 is 0.700 bits per heavy atom. The number of nitrogens with one attached hydrogen (secondary N) is 4. The monoisotopic (exact) mass is 282 g/mol. The van der Waals surface area contributed by atoms with Gasteiger partial charge in [0.25, 0.3) is 0 Å². The van der Waals surface area contributed by atoms with E-state index in [9.17, 15) is 9.59 Å². The highest BCUT2D eigenvalue weighted by atomic mass is 16.2. The fraction of sp³-hybridized carbons (Fsp3) is 0.857. The van der Waals surface area contributed by atoms with Crippen molar-refractivity contribution in [3.63, 3.8) is 0 Å². The van der Waals surface area contributed by atoms with Crippen molar-refractivity contribution in [1.82, 2.24) is 21.3 Å². The molecule has 0 aromatic carbocycles. The van der Waals surface area contributed by atoms with Gasteiger partial charge in [0.2, 0.25) is 11.8 Å². The molecule has 2 saturated heterocycles. The summed E-state index contributed by atoms with van der Waals surface area (Å²) in [5.74, 6) is -0.306. The molecule has 4 N–H and O–H groups in total. The molecule has 6 nitrogen and oxygen atoms in total. The van der Waals surface area contributed by atoms with Gasteiger partial charge in [0, 0.05) is 24.2 Å². The standard InChI is InChI=1S/C14H26N4O2/c1-11(2)7-15-9(19)13(5,17-11)14(6)10(20)16-8-12(3,4)18-14/h17-18H,7-8H2,1-6H3,(H,15,19)(H,16,20)/t13-,14-/m1/s1. The third kappa shape index (κ3) is 2.20. The first-order chi connectivity index (χ1) is 8.92. The van der Waals surface area contributed by atoms with Gasteiger partial charge in [0.1, 0.15) is 11.1 Å². The van der Waals surface area contributed by atoms with E-state index in [-0.39, 0.29) is 22.9 Å². The number of carbonyl (C=O) groups excluding carboxylic acids is 2. The Labute approximate surface area is 120 Å². The van der Waals surface area contributed by atoms with Crippen LogP contribution in [-0.2, 0) is 9.59 Å². The minimum Gasteiger partial charge on any atom is -0.353 e. The molecule has 2 fully saturated rings. The molecular weight excluding hydrogens is 256 g/mol. The maximum absolute atomic E-state index is 12.5. The zero-order valence-electron chi connectivity index (χ0n) is 13.2. The zero-order valence-corrected chi connectivity index (χ0v) is 13.2. The molecule has 0 radical (unpaired) electrons. The average Bonchev–Trinajstić information content (AvgIpc) is 2.28. The van der Waals surface area contributed by atoms with Gasteiger partial charge in [-0.3, -0.25) is 20.2 Å². The summed E-state index contributed by atoms with van der Waals surface area (Å²) < 4.78 is 0. The summed E-state index contributed by atoms with van der Waals surface area (Å²) in [5.41, 5.74) is -2.57. The van der Waals surface area contributed by atoms with Gasteiger partial charge in [-0.05, 0) is 41.5 Å². The number of hydrogen-bond donors (Lipinski definition) is 4. The Morgan fingerprint density at radius 2 is 1.00 bits per heavy atom. The summed E-state index contributed by atoms with van der Waals surface area (Å²) in [7, 11) is 0. The molecule has 2 heterocycles. The summed E-state index contributed by atoms with van der Waals surface area (Å²) in [6.07, 6.45) is 0. The van der Waals surface area contributed by atoms with Crippen LogP contribution in [0.4, 0.5) is 0 Å². The molecular formula is C14H26N4O2. The lowest BCUT2D eigenvalue weighted by atomic mass is 9.71. The summed E-state index contributed by atoms with van der Waals surface area (Å²) in [6.45, 7) is 12.7. The lowest BCUT2D eigenvalue weighted by Gasteiger charge is -2.56. The lowest BCUT2D eigenvalue weighted by Crippen LogP contribution is -2.86. The second-order valence-corrected chi connectivity index (χ2v) is 7.63. The van der Waals surface area contributed by atoms with E-state index in [1.165, 1.54) is 0 Å². The molecule has 0 bridgehead atoms. The van der Waals surface area contributed by atoms with E-state index in [1.54, 1.807) is 13.8 Å². The number of hydrogen-bond acceptors (Lipinski definition) is 4. The van der Waals surface area contributed by atoms with Crippen LogP contribution < -0.4 is 21.3 Å². The Bertz CT molecular complexity index is 418. The molecule has 2 amide bonds. The van der Waals surface area contributed by atoms with Gasteiger partial charge >= 0.3 is 0 Å². The van der Waals surface area contributed by atoms with Crippen molar-refractivity contribution in [1.29, 1.82) is 0 Å². The van der Waals surface area contributed by atoms with Gasteiger partial charge in [0.05, 0.1) is 0 Å². The van der Waals surface area contributed by atoms with E-state index < -0.39 is 11.1 Å². The highest BCUT2D eigenvalue weighted by Gasteiger charge is 2.61. The van der Waals surface area contributed by atoms with Crippen LogP contribution in [0.2, 0.25) is 0 Å². The molecule has 2 aliphatic heterocycles. The zero-order chi connectivity index (χ0) is 15.4. The number of amides is 2. The Hall–Kier alpha value is -1.14. The van der Waals surface area contributed by atoms with Crippen molar-refractivity contribution in [3.05, 3.63) is 0 Å². The van der Waals surface area contributed by atoms with Crippen LogP contribution in [0, 0.1) is 0 Å². The summed E-state index contributed by atoms with van der Waals surface area (Å²) >= 11 is 0. The van der Waals surface area contributed by atoms with E-state index in [0.717, 1.165) is 0 Å². The summed E-state index contributed by atoms with van der Waals surface area (Å²) in [4.78, 5) is 24.9. The van der Waals surface area contributed by atoms with Crippen molar-refractivity contribution >= 4 is 11.8 Å². The third-order valence-corrected chi connectivity index (χ3v) is 4.47. The predicted molar refractivity (Wildman–Crippen MR) is 77.3 cm³/mol. The summed E-state index contributed by atoms with van der Waals surface area (Å²) in [5, 5.41) is 12.5. The van der Waals surface area contributed by atoms with Crippen LogP contribution in [0.1, 0.15) is 41.5 Å². The maximum Gasteiger partial charge on any atom is 0.242 e. The normalized spacial score (nSPS) is 39.9. The topological polar surface area (TPSA) is 82.3 Å². The first kappa shape index (κ1) is 15.3. The van der Waals surface area contributed by atoms with Crippen molar-refractivity contribution in [2.45, 2.75) is 63.7 Å². The second kappa shape index (κ2) is 4.18. The Balaban J connectivity index is 2.44. The fourth-order valence-corrected chi connectivity index (χ4v) is 3.22. The smallest absolute Gasteiger partial charge is 0.242 e. The van der Waals surface area contributed by atoms with Gasteiger partial charge in [-0.1, -0.05) is 0 Å². The maximum atomic E-state index is 12.5. The molecule has 0 aromatic rings. The van der Waals surface area contributed by atoms with Crippen molar-refractivity contribution in [2.75, 3.05) is 13.1 Å². The predicted octanol–water partition coefficient (Wildman–Crippen LogP) is -0.500. The van der Waals surface area contributed by atoms with Crippen LogP contribution in [0.3, 0.4) is 0 Å². The Morgan fingerprint density at radius 3 is 1.30 bits per heavy atom. The van der Waals surface area contributed by atoms with E-state index in [0.29, 0.717) is 13.1 Å². The molecule has 2 aliphatic rings. The van der Waals surface area contributed by atoms with Crippen LogP contribution in [-0.4, -0.2) is 47.1 Å². The van der Waals surface area contributed by atoms with Crippen molar-refractivity contribution < 1.29 is 9.59 Å². The molecule has 0 aliphatic carbocycles. The molecule has 0 saturated carbocycles. The minimum absolute atomic E-state index is 0.153. The van der Waals surface area contributed by atoms with E-state index in [4.69, 9.17) is 0 Å². The fourth-order valence-electron chi connectivity index (χ4n) is 3.22. The molecule has 6 heteroatoms. The number of carbonyl (C=O) groups is 2. The summed E-state index contributed by atoms with van der Waals surface area (Å²) in [6, 6.07) is 0. The molecule has 0 spiro atoms. The molecule has 0 unspecified atom stereocenters. The first-order valence-corrected chi connectivity index (χ1v) is 7.07. The molecule has 114 valence electrons. The van der Waals surface area contributed by atoms with Gasteiger partial charge in [-0.25, -0.2) is 0 Å². The third-order valence-electron chi connectivity index (χ3n) is 4.47.